The number of imidazole rings is 1. The van der Waals surface area contributed by atoms with Gasteiger partial charge in [0.05, 0.1) is 18.4 Å². The fourth-order valence-electron chi connectivity index (χ4n) is 3.56. The minimum atomic E-state index is -0.143. The third-order valence-electron chi connectivity index (χ3n) is 4.83. The van der Waals surface area contributed by atoms with E-state index in [-0.39, 0.29) is 11.6 Å². The van der Waals surface area contributed by atoms with Crippen molar-refractivity contribution in [2.24, 2.45) is 5.73 Å². The first-order chi connectivity index (χ1) is 12.7. The summed E-state index contributed by atoms with van der Waals surface area (Å²) in [5.74, 6) is 0.812. The summed E-state index contributed by atoms with van der Waals surface area (Å²) < 4.78 is 3.43. The predicted molar refractivity (Wildman–Crippen MR) is 100 cm³/mol. The van der Waals surface area contributed by atoms with Gasteiger partial charge in [-0.05, 0) is 31.9 Å². The molecule has 1 aliphatic heterocycles. The quantitative estimate of drug-likeness (QED) is 0.751. The fraction of sp³-hybridized carbons (Fsp3) is 0.444. The zero-order chi connectivity index (χ0) is 18.1. The maximum absolute atomic E-state index is 13.0. The molecule has 0 radical (unpaired) electrons. The van der Waals surface area contributed by atoms with E-state index in [1.54, 1.807) is 12.4 Å². The van der Waals surface area contributed by atoms with E-state index in [1.165, 1.54) is 4.68 Å². The second kappa shape index (κ2) is 6.87. The van der Waals surface area contributed by atoms with E-state index >= 15 is 0 Å². The van der Waals surface area contributed by atoms with Crippen molar-refractivity contribution in [1.29, 1.82) is 0 Å². The number of nitrogens with zero attached hydrogens (tertiary/aromatic N) is 6. The Kier molecular flexibility index (Phi) is 4.42. The first kappa shape index (κ1) is 16.7. The van der Waals surface area contributed by atoms with E-state index in [0.717, 1.165) is 37.6 Å². The lowest BCUT2D eigenvalue weighted by Crippen LogP contribution is -2.44. The average molecular weight is 353 g/mol. The van der Waals surface area contributed by atoms with E-state index in [9.17, 15) is 4.79 Å². The second-order valence-electron chi connectivity index (χ2n) is 6.67. The number of pyridine rings is 1. The summed E-state index contributed by atoms with van der Waals surface area (Å²) in [6.07, 6.45) is 5.45. The summed E-state index contributed by atoms with van der Waals surface area (Å²) in [5, 5.41) is 4.30. The lowest BCUT2D eigenvalue weighted by Gasteiger charge is -2.31. The summed E-state index contributed by atoms with van der Waals surface area (Å²) in [4.78, 5) is 24.2. The van der Waals surface area contributed by atoms with Crippen LogP contribution in [-0.2, 0) is 13.1 Å². The Hall–Kier alpha value is -2.74. The molecule has 136 valence electrons. The number of rotatable bonds is 4. The number of hydrogen-bond donors (Lipinski definition) is 1. The SMILES string of the molecule is CCn1c(N2CCCC(N)C2)nc2cnn(Cc3ccccn3)c(=O)c21. The van der Waals surface area contributed by atoms with Gasteiger partial charge in [-0.25, -0.2) is 9.67 Å². The molecule has 26 heavy (non-hydrogen) atoms. The molecule has 1 aliphatic rings. The molecule has 0 aliphatic carbocycles. The van der Waals surface area contributed by atoms with Gasteiger partial charge in [-0.3, -0.25) is 9.78 Å². The van der Waals surface area contributed by atoms with Crippen LogP contribution in [0.25, 0.3) is 11.0 Å². The standard InChI is InChI=1S/C18H23N7O/c1-2-24-16-15(22-18(24)23-9-5-6-13(19)11-23)10-21-25(17(16)26)12-14-7-3-4-8-20-14/h3-4,7-8,10,13H,2,5-6,9,11-12,19H2,1H3. The first-order valence-corrected chi connectivity index (χ1v) is 9.04. The largest absolute Gasteiger partial charge is 0.341 e. The van der Waals surface area contributed by atoms with Crippen molar-refractivity contribution < 1.29 is 0 Å². The Balaban J connectivity index is 1.77. The second-order valence-corrected chi connectivity index (χ2v) is 6.67. The molecule has 8 nitrogen and oxygen atoms in total. The van der Waals surface area contributed by atoms with Crippen LogP contribution in [0.15, 0.2) is 35.4 Å². The van der Waals surface area contributed by atoms with Crippen molar-refractivity contribution in [3.8, 4) is 0 Å². The zero-order valence-corrected chi connectivity index (χ0v) is 14.9. The monoisotopic (exact) mass is 353 g/mol. The summed E-state index contributed by atoms with van der Waals surface area (Å²) in [5.41, 5.74) is 8.00. The molecule has 3 aromatic rings. The molecule has 0 spiro atoms. The Morgan fingerprint density at radius 2 is 2.23 bits per heavy atom. The fourth-order valence-corrected chi connectivity index (χ4v) is 3.56. The van der Waals surface area contributed by atoms with Crippen molar-refractivity contribution in [3.05, 3.63) is 46.6 Å². The molecule has 0 saturated carbocycles. The molecule has 4 heterocycles. The van der Waals surface area contributed by atoms with E-state index in [1.807, 2.05) is 29.7 Å². The van der Waals surface area contributed by atoms with Gasteiger partial charge >= 0.3 is 0 Å². The number of nitrogens with two attached hydrogens (primary N) is 1. The van der Waals surface area contributed by atoms with E-state index in [0.29, 0.717) is 24.1 Å². The van der Waals surface area contributed by atoms with Crippen LogP contribution in [0.5, 0.6) is 0 Å². The molecule has 1 fully saturated rings. The topological polar surface area (TPSA) is 94.9 Å². The molecule has 2 N–H and O–H groups in total. The van der Waals surface area contributed by atoms with Gasteiger partial charge in [0, 0.05) is 31.9 Å². The molecule has 4 rings (SSSR count). The van der Waals surface area contributed by atoms with Gasteiger partial charge in [0.1, 0.15) is 11.0 Å². The summed E-state index contributed by atoms with van der Waals surface area (Å²) in [6, 6.07) is 5.79. The van der Waals surface area contributed by atoms with Crippen LogP contribution >= 0.6 is 0 Å². The van der Waals surface area contributed by atoms with E-state index < -0.39 is 0 Å². The summed E-state index contributed by atoms with van der Waals surface area (Å²) in [7, 11) is 0. The molecular formula is C18H23N7O. The van der Waals surface area contributed by atoms with E-state index in [4.69, 9.17) is 10.7 Å². The molecule has 0 bridgehead atoms. The Morgan fingerprint density at radius 1 is 1.35 bits per heavy atom. The molecule has 1 atom stereocenters. The van der Waals surface area contributed by atoms with Crippen molar-refractivity contribution in [2.75, 3.05) is 18.0 Å². The molecule has 0 aromatic carbocycles. The number of anilines is 1. The highest BCUT2D eigenvalue weighted by atomic mass is 16.1. The number of fused-ring (bicyclic) bond motifs is 1. The zero-order valence-electron chi connectivity index (χ0n) is 14.9. The van der Waals surface area contributed by atoms with E-state index in [2.05, 4.69) is 15.0 Å². The van der Waals surface area contributed by atoms with Crippen LogP contribution in [0.2, 0.25) is 0 Å². The molecule has 1 saturated heterocycles. The third-order valence-corrected chi connectivity index (χ3v) is 4.83. The Bertz CT molecular complexity index is 963. The van der Waals surface area contributed by atoms with Gasteiger partial charge in [0.2, 0.25) is 5.95 Å². The molecule has 1 unspecified atom stereocenters. The van der Waals surface area contributed by atoms with Crippen molar-refractivity contribution in [1.82, 2.24) is 24.3 Å². The van der Waals surface area contributed by atoms with Crippen LogP contribution in [0, 0.1) is 0 Å². The predicted octanol–water partition coefficient (Wildman–Crippen LogP) is 0.984. The highest BCUT2D eigenvalue weighted by Crippen LogP contribution is 2.22. The summed E-state index contributed by atoms with van der Waals surface area (Å²) >= 11 is 0. The Morgan fingerprint density at radius 3 is 2.96 bits per heavy atom. The lowest BCUT2D eigenvalue weighted by molar-refractivity contribution is 0.494. The summed E-state index contributed by atoms with van der Waals surface area (Å²) in [6.45, 7) is 4.71. The minimum Gasteiger partial charge on any atom is -0.341 e. The third kappa shape index (κ3) is 2.96. The lowest BCUT2D eigenvalue weighted by atomic mass is 10.1. The van der Waals surface area contributed by atoms with Crippen LogP contribution < -0.4 is 16.2 Å². The van der Waals surface area contributed by atoms with Gasteiger partial charge in [0.15, 0.2) is 0 Å². The van der Waals surface area contributed by atoms with Crippen LogP contribution in [0.3, 0.4) is 0 Å². The number of aromatic nitrogens is 5. The normalized spacial score (nSPS) is 17.8. The molecular weight excluding hydrogens is 330 g/mol. The van der Waals surface area contributed by atoms with Crippen LogP contribution in [0.1, 0.15) is 25.5 Å². The van der Waals surface area contributed by atoms with Gasteiger partial charge in [0.25, 0.3) is 5.56 Å². The smallest absolute Gasteiger partial charge is 0.293 e. The van der Waals surface area contributed by atoms with Crippen molar-refractivity contribution >= 4 is 17.0 Å². The molecule has 0 amide bonds. The highest BCUT2D eigenvalue weighted by molar-refractivity contribution is 5.77. The number of aryl methyl sites for hydroxylation is 1. The average Bonchev–Trinajstić information content (AvgIpc) is 3.04. The molecule has 3 aromatic heterocycles. The first-order valence-electron chi connectivity index (χ1n) is 9.04. The van der Waals surface area contributed by atoms with Crippen LogP contribution in [0.4, 0.5) is 5.95 Å². The van der Waals surface area contributed by atoms with Gasteiger partial charge in [-0.1, -0.05) is 6.07 Å². The Labute approximate surface area is 151 Å². The van der Waals surface area contributed by atoms with Crippen LogP contribution in [-0.4, -0.2) is 43.4 Å². The van der Waals surface area contributed by atoms with Gasteiger partial charge in [-0.15, -0.1) is 0 Å². The van der Waals surface area contributed by atoms with Crippen molar-refractivity contribution in [2.45, 2.75) is 38.9 Å². The van der Waals surface area contributed by atoms with Gasteiger partial charge in [-0.2, -0.15) is 5.10 Å². The maximum atomic E-state index is 13.0. The van der Waals surface area contributed by atoms with Crippen molar-refractivity contribution in [3.63, 3.8) is 0 Å². The minimum absolute atomic E-state index is 0.143. The van der Waals surface area contributed by atoms with Gasteiger partial charge < -0.3 is 15.2 Å². The number of hydrogen-bond acceptors (Lipinski definition) is 6. The molecule has 8 heteroatoms. The number of piperidine rings is 1. The highest BCUT2D eigenvalue weighted by Gasteiger charge is 2.23. The maximum Gasteiger partial charge on any atom is 0.293 e.